The zero-order valence-corrected chi connectivity index (χ0v) is 15.0. The Kier molecular flexibility index (Phi) is 4.65. The molecule has 0 aromatic heterocycles. The van der Waals surface area contributed by atoms with Gasteiger partial charge in [0, 0.05) is 6.07 Å². The quantitative estimate of drug-likeness (QED) is 0.565. The van der Waals surface area contributed by atoms with E-state index in [2.05, 4.69) is 0 Å². The van der Waals surface area contributed by atoms with Crippen LogP contribution in [0.5, 0.6) is 11.5 Å². The number of hydrogen-bond donors (Lipinski definition) is 0. The minimum Gasteiger partial charge on any atom is -0.489 e. The number of halogens is 2. The molecule has 140 valence electrons. The lowest BCUT2D eigenvalue weighted by Gasteiger charge is -2.09. The number of fused-ring (bicyclic) bond motifs is 1. The van der Waals surface area contributed by atoms with Crippen molar-refractivity contribution >= 4 is 11.9 Å². The summed E-state index contributed by atoms with van der Waals surface area (Å²) in [6.45, 7) is 2.08. The highest BCUT2D eigenvalue weighted by atomic mass is 19.1. The Morgan fingerprint density at radius 2 is 1.61 bits per heavy atom. The van der Waals surface area contributed by atoms with Gasteiger partial charge in [0.1, 0.15) is 29.7 Å². The van der Waals surface area contributed by atoms with E-state index in [-0.39, 0.29) is 29.8 Å². The number of carbonyl (C=O) groups is 1. The molecule has 1 aliphatic rings. The second kappa shape index (κ2) is 7.27. The monoisotopic (exact) mass is 378 g/mol. The summed E-state index contributed by atoms with van der Waals surface area (Å²) in [6.07, 6.45) is 1.58. The van der Waals surface area contributed by atoms with Crippen LogP contribution in [0.2, 0.25) is 0 Å². The maximum Gasteiger partial charge on any atom is 0.232 e. The third-order valence-corrected chi connectivity index (χ3v) is 4.43. The Morgan fingerprint density at radius 1 is 0.964 bits per heavy atom. The number of ketones is 1. The van der Waals surface area contributed by atoms with E-state index in [9.17, 15) is 13.6 Å². The molecule has 3 nitrogen and oxygen atoms in total. The summed E-state index contributed by atoms with van der Waals surface area (Å²) >= 11 is 0. The average Bonchev–Trinajstić information content (AvgIpc) is 2.99. The van der Waals surface area contributed by atoms with E-state index in [0.717, 1.165) is 11.1 Å². The molecule has 0 N–H and O–H groups in total. The minimum absolute atomic E-state index is 0.181. The summed E-state index contributed by atoms with van der Waals surface area (Å²) in [4.78, 5) is 12.7. The van der Waals surface area contributed by atoms with Crippen LogP contribution in [0.4, 0.5) is 8.78 Å². The van der Waals surface area contributed by atoms with Gasteiger partial charge in [0.05, 0.1) is 5.56 Å². The van der Waals surface area contributed by atoms with E-state index in [1.54, 1.807) is 42.5 Å². The molecule has 0 aliphatic carbocycles. The number of rotatable bonds is 4. The lowest BCUT2D eigenvalue weighted by molar-refractivity contribution is 0.101. The molecule has 4 rings (SSSR count). The maximum absolute atomic E-state index is 13.1. The van der Waals surface area contributed by atoms with E-state index in [0.29, 0.717) is 22.6 Å². The zero-order chi connectivity index (χ0) is 19.7. The van der Waals surface area contributed by atoms with Crippen molar-refractivity contribution in [2.45, 2.75) is 13.5 Å². The van der Waals surface area contributed by atoms with Crippen molar-refractivity contribution < 1.29 is 23.0 Å². The summed E-state index contributed by atoms with van der Waals surface area (Å²) in [6, 6.07) is 15.3. The van der Waals surface area contributed by atoms with Crippen LogP contribution in [0.25, 0.3) is 6.08 Å². The smallest absolute Gasteiger partial charge is 0.232 e. The van der Waals surface area contributed by atoms with Gasteiger partial charge in [-0.2, -0.15) is 0 Å². The molecule has 0 amide bonds. The van der Waals surface area contributed by atoms with Crippen molar-refractivity contribution in [3.05, 3.63) is 100 Å². The van der Waals surface area contributed by atoms with Crippen molar-refractivity contribution in [1.29, 1.82) is 0 Å². The van der Waals surface area contributed by atoms with Gasteiger partial charge in [-0.3, -0.25) is 4.79 Å². The fraction of sp³-hybridized carbons (Fsp3) is 0.0870. The molecule has 3 aromatic carbocycles. The molecule has 1 aliphatic heterocycles. The van der Waals surface area contributed by atoms with Gasteiger partial charge >= 0.3 is 0 Å². The summed E-state index contributed by atoms with van der Waals surface area (Å²) in [5.74, 6) is 0.290. The molecule has 3 aromatic rings. The number of carbonyl (C=O) groups excluding carboxylic acids is 1. The van der Waals surface area contributed by atoms with Crippen LogP contribution in [0.15, 0.2) is 66.4 Å². The second-order valence-electron chi connectivity index (χ2n) is 6.52. The van der Waals surface area contributed by atoms with Crippen molar-refractivity contribution in [3.63, 3.8) is 0 Å². The highest BCUT2D eigenvalue weighted by Gasteiger charge is 2.30. The first-order valence-electron chi connectivity index (χ1n) is 8.71. The van der Waals surface area contributed by atoms with Crippen molar-refractivity contribution in [1.82, 2.24) is 0 Å². The van der Waals surface area contributed by atoms with Crippen LogP contribution in [0.3, 0.4) is 0 Å². The van der Waals surface area contributed by atoms with Crippen molar-refractivity contribution in [3.8, 4) is 11.5 Å². The molecule has 28 heavy (non-hydrogen) atoms. The number of allylic oxidation sites excluding steroid dienone is 1. The molecule has 5 heteroatoms. The predicted molar refractivity (Wildman–Crippen MR) is 101 cm³/mol. The second-order valence-corrected chi connectivity index (χ2v) is 6.52. The van der Waals surface area contributed by atoms with E-state index >= 15 is 0 Å². The number of aryl methyl sites for hydroxylation is 1. The lowest BCUT2D eigenvalue weighted by atomic mass is 10.0. The van der Waals surface area contributed by atoms with Gasteiger partial charge in [0.15, 0.2) is 5.76 Å². The van der Waals surface area contributed by atoms with Gasteiger partial charge in [-0.25, -0.2) is 8.78 Å². The first-order valence-corrected chi connectivity index (χ1v) is 8.71. The first-order chi connectivity index (χ1) is 13.5. The molecule has 0 spiro atoms. The molecular formula is C23H16F2O3. The Labute approximate surface area is 160 Å². The van der Waals surface area contributed by atoms with Crippen molar-refractivity contribution in [2.75, 3.05) is 0 Å². The summed E-state index contributed by atoms with van der Waals surface area (Å²) < 4.78 is 37.5. The molecule has 1 heterocycles. The minimum atomic E-state index is -0.345. The van der Waals surface area contributed by atoms with Gasteiger partial charge in [-0.05, 0) is 60.0 Å². The van der Waals surface area contributed by atoms with Gasteiger partial charge in [-0.1, -0.05) is 24.3 Å². The van der Waals surface area contributed by atoms with Crippen LogP contribution in [0.1, 0.15) is 27.0 Å². The van der Waals surface area contributed by atoms with Gasteiger partial charge in [0.25, 0.3) is 0 Å². The number of ether oxygens (including phenoxy) is 2. The number of hydrogen-bond acceptors (Lipinski definition) is 3. The predicted octanol–water partition coefficient (Wildman–Crippen LogP) is 5.47. The maximum atomic E-state index is 13.1. The van der Waals surface area contributed by atoms with Crippen LogP contribution in [-0.4, -0.2) is 5.78 Å². The van der Waals surface area contributed by atoms with Crippen LogP contribution < -0.4 is 9.47 Å². The Morgan fingerprint density at radius 3 is 2.29 bits per heavy atom. The van der Waals surface area contributed by atoms with Crippen LogP contribution in [0, 0.1) is 18.6 Å². The molecule has 0 fully saturated rings. The standard InChI is InChI=1S/C23H16F2O3/c1-14-10-19(27-13-16-4-8-18(25)9-5-16)12-20-22(14)23(26)21(28-20)11-15-2-6-17(24)7-3-15/h2-12H,13H2,1H3/b21-11-. The topological polar surface area (TPSA) is 35.5 Å². The fourth-order valence-corrected chi connectivity index (χ4v) is 3.02. The Balaban J connectivity index is 1.55. The van der Waals surface area contributed by atoms with Crippen molar-refractivity contribution in [2.24, 2.45) is 0 Å². The zero-order valence-electron chi connectivity index (χ0n) is 15.0. The third kappa shape index (κ3) is 3.64. The SMILES string of the molecule is Cc1cc(OCc2ccc(F)cc2)cc2c1C(=O)/C(=C/c1ccc(F)cc1)O2. The Hall–Kier alpha value is -3.47. The lowest BCUT2D eigenvalue weighted by Crippen LogP contribution is -2.00. The number of benzene rings is 3. The highest BCUT2D eigenvalue weighted by Crippen LogP contribution is 2.37. The summed E-state index contributed by atoms with van der Waals surface area (Å²) in [7, 11) is 0. The summed E-state index contributed by atoms with van der Waals surface area (Å²) in [5, 5.41) is 0. The largest absolute Gasteiger partial charge is 0.489 e. The summed E-state index contributed by atoms with van der Waals surface area (Å²) in [5.41, 5.74) is 2.72. The van der Waals surface area contributed by atoms with E-state index < -0.39 is 0 Å². The van der Waals surface area contributed by atoms with Gasteiger partial charge < -0.3 is 9.47 Å². The van der Waals surface area contributed by atoms with Gasteiger partial charge in [-0.15, -0.1) is 0 Å². The first kappa shape index (κ1) is 17.9. The van der Waals surface area contributed by atoms with Crippen LogP contribution >= 0.6 is 0 Å². The molecular weight excluding hydrogens is 362 g/mol. The molecule has 0 saturated heterocycles. The molecule has 0 unspecified atom stereocenters. The number of Topliss-reactive ketones (excluding diaryl/α,β-unsaturated/α-hetero) is 1. The molecule has 0 saturated carbocycles. The fourth-order valence-electron chi connectivity index (χ4n) is 3.02. The molecule has 0 atom stereocenters. The van der Waals surface area contributed by atoms with E-state index in [4.69, 9.17) is 9.47 Å². The molecule has 0 radical (unpaired) electrons. The van der Waals surface area contributed by atoms with E-state index in [1.165, 1.54) is 24.3 Å². The van der Waals surface area contributed by atoms with E-state index in [1.807, 2.05) is 6.92 Å². The average molecular weight is 378 g/mol. The third-order valence-electron chi connectivity index (χ3n) is 4.43. The molecule has 0 bridgehead atoms. The van der Waals surface area contributed by atoms with Crippen LogP contribution in [-0.2, 0) is 6.61 Å². The highest BCUT2D eigenvalue weighted by molar-refractivity contribution is 6.15. The normalized spacial score (nSPS) is 14.1. The Bertz CT molecular complexity index is 1070. The van der Waals surface area contributed by atoms with Gasteiger partial charge in [0.2, 0.25) is 5.78 Å².